The average Bonchev–Trinajstić information content (AvgIpc) is 2.73. The van der Waals surface area contributed by atoms with Crippen LogP contribution < -0.4 is 0 Å². The van der Waals surface area contributed by atoms with E-state index in [1.807, 2.05) is 0 Å². The molecule has 0 spiro atoms. The fourth-order valence-corrected chi connectivity index (χ4v) is 3.62. The van der Waals surface area contributed by atoms with Crippen molar-refractivity contribution in [1.29, 1.82) is 0 Å². The molecule has 2 aromatic rings. The van der Waals surface area contributed by atoms with Crippen molar-refractivity contribution < 1.29 is 0 Å². The minimum atomic E-state index is 0.306. The molecule has 0 aliphatic heterocycles. The van der Waals surface area contributed by atoms with Crippen LogP contribution in [0.5, 0.6) is 0 Å². The summed E-state index contributed by atoms with van der Waals surface area (Å²) in [7, 11) is 0. The Hall–Kier alpha value is -1.27. The van der Waals surface area contributed by atoms with Crippen LogP contribution in [0.25, 0.3) is 11.1 Å². The van der Waals surface area contributed by atoms with E-state index >= 15 is 0 Å². The molecule has 0 saturated heterocycles. The Kier molecular flexibility index (Phi) is 4.42. The van der Waals surface area contributed by atoms with Crippen molar-refractivity contribution in [3.63, 3.8) is 0 Å². The molecule has 1 saturated carbocycles. The molecule has 20 heavy (non-hydrogen) atoms. The minimum Gasteiger partial charge on any atom is -0.122 e. The van der Waals surface area contributed by atoms with Gasteiger partial charge in [-0.25, -0.2) is 0 Å². The fourth-order valence-electron chi connectivity index (χ4n) is 3.19. The number of rotatable bonds is 2. The molecule has 1 aliphatic carbocycles. The van der Waals surface area contributed by atoms with E-state index in [1.165, 1.54) is 42.4 Å². The second kappa shape index (κ2) is 6.45. The molecule has 0 radical (unpaired) electrons. The molecule has 2 aromatic carbocycles. The highest BCUT2D eigenvalue weighted by atomic mass is 35.5. The summed E-state index contributed by atoms with van der Waals surface area (Å²) in [5.41, 5.74) is 3.98. The maximum Gasteiger partial charge on any atom is 0.0404 e. The van der Waals surface area contributed by atoms with Gasteiger partial charge >= 0.3 is 0 Å². The highest BCUT2D eigenvalue weighted by Gasteiger charge is 2.23. The molecule has 1 aliphatic rings. The minimum absolute atomic E-state index is 0.306. The summed E-state index contributed by atoms with van der Waals surface area (Å²) in [6.07, 6.45) is 6.33. The van der Waals surface area contributed by atoms with Crippen LogP contribution in [0.2, 0.25) is 0 Å². The van der Waals surface area contributed by atoms with Crippen LogP contribution in [0.4, 0.5) is 0 Å². The first kappa shape index (κ1) is 13.7. The first-order valence-corrected chi connectivity index (χ1v) is 8.08. The molecule has 0 bridgehead atoms. The third kappa shape index (κ3) is 3.07. The molecule has 0 amide bonds. The van der Waals surface area contributed by atoms with Gasteiger partial charge in [-0.3, -0.25) is 0 Å². The van der Waals surface area contributed by atoms with Crippen LogP contribution in [-0.4, -0.2) is 5.38 Å². The van der Waals surface area contributed by atoms with Gasteiger partial charge < -0.3 is 0 Å². The maximum atomic E-state index is 6.58. The molecule has 1 heteroatoms. The van der Waals surface area contributed by atoms with Crippen molar-refractivity contribution in [3.8, 4) is 11.1 Å². The van der Waals surface area contributed by atoms with Crippen molar-refractivity contribution in [2.45, 2.75) is 43.4 Å². The first-order chi connectivity index (χ1) is 9.84. The lowest BCUT2D eigenvalue weighted by atomic mass is 9.90. The standard InChI is InChI=1S/C19H21Cl/c20-19-10-6-2-5-9-18(19)17-13-11-16(12-14-17)15-7-3-1-4-8-15/h1,3-4,7-8,11-14,18-19H,2,5-6,9-10H2. The molecule has 1 fully saturated rings. The quantitative estimate of drug-likeness (QED) is 0.468. The zero-order chi connectivity index (χ0) is 13.8. The van der Waals surface area contributed by atoms with Crippen LogP contribution in [-0.2, 0) is 0 Å². The Morgan fingerprint density at radius 1 is 0.700 bits per heavy atom. The number of alkyl halides is 1. The zero-order valence-corrected chi connectivity index (χ0v) is 12.5. The average molecular weight is 285 g/mol. The van der Waals surface area contributed by atoms with E-state index in [0.717, 1.165) is 6.42 Å². The number of hydrogen-bond acceptors (Lipinski definition) is 0. The number of hydrogen-bond donors (Lipinski definition) is 0. The number of benzene rings is 2. The number of halogens is 1. The predicted molar refractivity (Wildman–Crippen MR) is 87.3 cm³/mol. The molecule has 2 atom stereocenters. The summed E-state index contributed by atoms with van der Waals surface area (Å²) in [4.78, 5) is 0. The van der Waals surface area contributed by atoms with Gasteiger partial charge in [0.05, 0.1) is 0 Å². The van der Waals surface area contributed by atoms with Crippen molar-refractivity contribution in [1.82, 2.24) is 0 Å². The zero-order valence-electron chi connectivity index (χ0n) is 11.8. The van der Waals surface area contributed by atoms with Crippen LogP contribution in [0.15, 0.2) is 54.6 Å². The van der Waals surface area contributed by atoms with E-state index in [2.05, 4.69) is 54.6 Å². The Labute approximate surface area is 126 Å². The smallest absolute Gasteiger partial charge is 0.0404 e. The van der Waals surface area contributed by atoms with Gasteiger partial charge in [-0.05, 0) is 29.5 Å². The van der Waals surface area contributed by atoms with E-state index in [9.17, 15) is 0 Å². The van der Waals surface area contributed by atoms with Gasteiger partial charge in [0.2, 0.25) is 0 Å². The van der Waals surface area contributed by atoms with Crippen molar-refractivity contribution in [3.05, 3.63) is 60.2 Å². The van der Waals surface area contributed by atoms with Gasteiger partial charge in [0.1, 0.15) is 0 Å². The van der Waals surface area contributed by atoms with Crippen LogP contribution in [0.1, 0.15) is 43.6 Å². The second-order valence-corrected chi connectivity index (χ2v) is 6.31. The lowest BCUT2D eigenvalue weighted by Crippen LogP contribution is -2.11. The molecular formula is C19H21Cl. The van der Waals surface area contributed by atoms with Crippen LogP contribution in [0, 0.1) is 0 Å². The monoisotopic (exact) mass is 284 g/mol. The summed E-state index contributed by atoms with van der Waals surface area (Å²) >= 11 is 6.58. The van der Waals surface area contributed by atoms with Gasteiger partial charge in [0.25, 0.3) is 0 Å². The third-order valence-corrected chi connectivity index (χ3v) is 4.90. The second-order valence-electron chi connectivity index (χ2n) is 5.75. The Balaban J connectivity index is 1.82. The summed E-state index contributed by atoms with van der Waals surface area (Å²) < 4.78 is 0. The van der Waals surface area contributed by atoms with Crippen molar-refractivity contribution in [2.24, 2.45) is 0 Å². The van der Waals surface area contributed by atoms with Gasteiger partial charge in [-0.2, -0.15) is 0 Å². The highest BCUT2D eigenvalue weighted by Crippen LogP contribution is 2.36. The fraction of sp³-hybridized carbons (Fsp3) is 0.368. The van der Waals surface area contributed by atoms with Crippen molar-refractivity contribution in [2.75, 3.05) is 0 Å². The molecule has 104 valence electrons. The maximum absolute atomic E-state index is 6.58. The SMILES string of the molecule is ClC1CCCCCC1c1ccc(-c2ccccc2)cc1. The lowest BCUT2D eigenvalue weighted by molar-refractivity contribution is 0.600. The Morgan fingerprint density at radius 2 is 1.35 bits per heavy atom. The third-order valence-electron chi connectivity index (χ3n) is 4.38. The van der Waals surface area contributed by atoms with Crippen LogP contribution in [0.3, 0.4) is 0 Å². The van der Waals surface area contributed by atoms with Gasteiger partial charge in [0.15, 0.2) is 0 Å². The Morgan fingerprint density at radius 3 is 2.10 bits per heavy atom. The summed E-state index contributed by atoms with van der Waals surface area (Å²) in [5, 5.41) is 0.306. The van der Waals surface area contributed by atoms with E-state index in [0.29, 0.717) is 11.3 Å². The van der Waals surface area contributed by atoms with Gasteiger partial charge in [0, 0.05) is 11.3 Å². The Bertz CT molecular complexity index is 529. The molecule has 2 unspecified atom stereocenters. The van der Waals surface area contributed by atoms with Crippen LogP contribution >= 0.6 is 11.6 Å². The van der Waals surface area contributed by atoms with Gasteiger partial charge in [-0.15, -0.1) is 11.6 Å². The molecule has 0 N–H and O–H groups in total. The van der Waals surface area contributed by atoms with E-state index < -0.39 is 0 Å². The largest absolute Gasteiger partial charge is 0.122 e. The summed E-state index contributed by atoms with van der Waals surface area (Å²) in [5.74, 6) is 0.531. The van der Waals surface area contributed by atoms with Gasteiger partial charge in [-0.1, -0.05) is 73.9 Å². The topological polar surface area (TPSA) is 0 Å². The normalized spacial score (nSPS) is 23.2. The highest BCUT2D eigenvalue weighted by molar-refractivity contribution is 6.21. The lowest BCUT2D eigenvalue weighted by Gasteiger charge is -2.20. The van der Waals surface area contributed by atoms with E-state index in [-0.39, 0.29) is 0 Å². The summed E-state index contributed by atoms with van der Waals surface area (Å²) in [6, 6.07) is 19.6. The predicted octanol–water partition coefficient (Wildman–Crippen LogP) is 6.01. The molecule has 0 aromatic heterocycles. The van der Waals surface area contributed by atoms with E-state index in [4.69, 9.17) is 11.6 Å². The first-order valence-electron chi connectivity index (χ1n) is 7.64. The van der Waals surface area contributed by atoms with Crippen molar-refractivity contribution >= 4 is 11.6 Å². The molecule has 3 rings (SSSR count). The molecule has 0 nitrogen and oxygen atoms in total. The molecule has 0 heterocycles. The summed E-state index contributed by atoms with van der Waals surface area (Å²) in [6.45, 7) is 0. The molecular weight excluding hydrogens is 264 g/mol. The van der Waals surface area contributed by atoms with E-state index in [1.54, 1.807) is 0 Å².